The maximum atomic E-state index is 15.3. The predicted octanol–water partition coefficient (Wildman–Crippen LogP) is 3.78. The molecule has 10 heteroatoms. The van der Waals surface area contributed by atoms with Crippen molar-refractivity contribution in [3.05, 3.63) is 66.9 Å². The van der Waals surface area contributed by atoms with Crippen LogP contribution in [0.4, 0.5) is 16.0 Å². The number of anilines is 2. The number of rotatable bonds is 6. The molecular weight excluding hydrogens is 473 g/mol. The SMILES string of the molecule is C=CC(=O)N1CC(CN2CCn3c2c(-c2ccc(Oc4cccc(C)n4)c(F)c2)c2c(N)ncnc23)C1. The van der Waals surface area contributed by atoms with Gasteiger partial charge in [-0.05, 0) is 36.8 Å². The Bertz CT molecular complexity index is 1540. The van der Waals surface area contributed by atoms with Gasteiger partial charge in [0.2, 0.25) is 11.8 Å². The van der Waals surface area contributed by atoms with Gasteiger partial charge in [-0.15, -0.1) is 0 Å². The lowest BCUT2D eigenvalue weighted by Crippen LogP contribution is -2.53. The summed E-state index contributed by atoms with van der Waals surface area (Å²) in [4.78, 5) is 29.0. The van der Waals surface area contributed by atoms with Gasteiger partial charge in [0.15, 0.2) is 11.6 Å². The number of nitrogen functional groups attached to an aromatic ring is 1. The van der Waals surface area contributed by atoms with Crippen molar-refractivity contribution in [2.24, 2.45) is 5.92 Å². The van der Waals surface area contributed by atoms with E-state index in [4.69, 9.17) is 10.5 Å². The molecule has 2 aliphatic heterocycles. The minimum atomic E-state index is -0.508. The van der Waals surface area contributed by atoms with E-state index >= 15 is 4.39 Å². The van der Waals surface area contributed by atoms with Crippen molar-refractivity contribution in [1.29, 1.82) is 0 Å². The Morgan fingerprint density at radius 1 is 1.24 bits per heavy atom. The minimum absolute atomic E-state index is 0.0471. The third-order valence-electron chi connectivity index (χ3n) is 6.95. The first-order chi connectivity index (χ1) is 17.9. The Morgan fingerprint density at radius 3 is 2.84 bits per heavy atom. The molecule has 5 heterocycles. The zero-order valence-electron chi connectivity index (χ0n) is 20.4. The number of aryl methyl sites for hydroxylation is 1. The van der Waals surface area contributed by atoms with E-state index in [1.165, 1.54) is 18.5 Å². The third kappa shape index (κ3) is 3.94. The summed E-state index contributed by atoms with van der Waals surface area (Å²) in [6.45, 7) is 9.07. The van der Waals surface area contributed by atoms with E-state index in [1.54, 1.807) is 17.0 Å². The number of halogens is 1. The van der Waals surface area contributed by atoms with Gasteiger partial charge in [0.25, 0.3) is 0 Å². The van der Waals surface area contributed by atoms with Crippen LogP contribution in [0.5, 0.6) is 11.6 Å². The van der Waals surface area contributed by atoms with E-state index in [0.717, 1.165) is 42.4 Å². The van der Waals surface area contributed by atoms with Gasteiger partial charge in [0.1, 0.15) is 23.6 Å². The Balaban J connectivity index is 1.36. The molecule has 4 aromatic rings. The standard InChI is InChI=1S/C27H26FN7O2/c1-3-22(36)34-13-17(14-34)12-33-9-10-35-26-24(25(29)30-15-31-26)23(27(33)35)18-7-8-20(19(28)11-18)37-21-6-4-5-16(2)32-21/h3-8,11,15,17H,1,9-10,12-14H2,2H3,(H2,29,30,31). The summed E-state index contributed by atoms with van der Waals surface area (Å²) in [5, 5.41) is 0.702. The molecule has 2 N–H and O–H groups in total. The monoisotopic (exact) mass is 499 g/mol. The number of carbonyl (C=O) groups is 1. The van der Waals surface area contributed by atoms with Gasteiger partial charge in [-0.25, -0.2) is 19.3 Å². The molecule has 0 aliphatic carbocycles. The van der Waals surface area contributed by atoms with E-state index in [2.05, 4.69) is 31.0 Å². The lowest BCUT2D eigenvalue weighted by molar-refractivity contribution is -0.131. The number of aromatic nitrogens is 4. The number of pyridine rings is 1. The Kier molecular flexibility index (Phi) is 5.51. The van der Waals surface area contributed by atoms with Crippen LogP contribution < -0.4 is 15.4 Å². The van der Waals surface area contributed by atoms with Gasteiger partial charge in [-0.2, -0.15) is 0 Å². The van der Waals surface area contributed by atoms with E-state index in [0.29, 0.717) is 41.7 Å². The normalized spacial score (nSPS) is 15.1. The summed E-state index contributed by atoms with van der Waals surface area (Å²) in [7, 11) is 0. The lowest BCUT2D eigenvalue weighted by Gasteiger charge is -2.40. The highest BCUT2D eigenvalue weighted by molar-refractivity contribution is 6.07. The molecule has 1 fully saturated rings. The zero-order chi connectivity index (χ0) is 25.7. The number of likely N-dealkylation sites (tertiary alicyclic amines) is 1. The number of hydrogen-bond acceptors (Lipinski definition) is 7. The molecule has 1 aromatic carbocycles. The molecule has 1 amide bonds. The fourth-order valence-corrected chi connectivity index (χ4v) is 5.23. The minimum Gasteiger partial charge on any atom is -0.436 e. The average molecular weight is 500 g/mol. The third-order valence-corrected chi connectivity index (χ3v) is 6.95. The molecule has 2 aliphatic rings. The number of carbonyl (C=O) groups excluding carboxylic acids is 1. The second-order valence-corrected chi connectivity index (χ2v) is 9.43. The summed E-state index contributed by atoms with van der Waals surface area (Å²) in [5.41, 5.74) is 9.29. The first-order valence-corrected chi connectivity index (χ1v) is 12.1. The van der Waals surface area contributed by atoms with Crippen LogP contribution in [0.15, 0.2) is 55.4 Å². The molecule has 0 atom stereocenters. The molecule has 0 unspecified atom stereocenters. The summed E-state index contributed by atoms with van der Waals surface area (Å²) < 4.78 is 23.2. The fraction of sp³-hybridized carbons (Fsp3) is 0.259. The van der Waals surface area contributed by atoms with Crippen molar-refractivity contribution in [1.82, 2.24) is 24.4 Å². The maximum absolute atomic E-state index is 15.3. The Hall–Kier alpha value is -4.47. The number of amides is 1. The van der Waals surface area contributed by atoms with Crippen molar-refractivity contribution in [2.45, 2.75) is 13.5 Å². The van der Waals surface area contributed by atoms with Crippen LogP contribution in [-0.4, -0.2) is 56.5 Å². The average Bonchev–Trinajstić information content (AvgIpc) is 3.41. The molecule has 6 rings (SSSR count). The second-order valence-electron chi connectivity index (χ2n) is 9.43. The number of nitrogens with zero attached hydrogens (tertiary/aromatic N) is 6. The molecule has 188 valence electrons. The summed E-state index contributed by atoms with van der Waals surface area (Å²) in [5.74, 6) is 1.47. The number of benzene rings is 1. The van der Waals surface area contributed by atoms with Crippen LogP contribution >= 0.6 is 0 Å². The molecule has 9 nitrogen and oxygen atoms in total. The molecule has 0 saturated carbocycles. The fourth-order valence-electron chi connectivity index (χ4n) is 5.23. The van der Waals surface area contributed by atoms with Crippen LogP contribution in [0.25, 0.3) is 22.2 Å². The first-order valence-electron chi connectivity index (χ1n) is 12.1. The van der Waals surface area contributed by atoms with Gasteiger partial charge < -0.3 is 24.8 Å². The largest absolute Gasteiger partial charge is 0.436 e. The molecule has 0 spiro atoms. The summed E-state index contributed by atoms with van der Waals surface area (Å²) in [6.07, 6.45) is 2.80. The van der Waals surface area contributed by atoms with Gasteiger partial charge in [0, 0.05) is 56.0 Å². The number of hydrogen-bond donors (Lipinski definition) is 1. The van der Waals surface area contributed by atoms with Crippen molar-refractivity contribution in [2.75, 3.05) is 36.8 Å². The van der Waals surface area contributed by atoms with E-state index in [9.17, 15) is 4.79 Å². The molecule has 0 radical (unpaired) electrons. The smallest absolute Gasteiger partial charge is 0.245 e. The van der Waals surface area contributed by atoms with Crippen LogP contribution in [0.1, 0.15) is 5.69 Å². The quantitative estimate of drug-likeness (QED) is 0.403. The van der Waals surface area contributed by atoms with Crippen LogP contribution in [0.2, 0.25) is 0 Å². The highest BCUT2D eigenvalue weighted by Crippen LogP contribution is 2.45. The highest BCUT2D eigenvalue weighted by atomic mass is 19.1. The maximum Gasteiger partial charge on any atom is 0.245 e. The summed E-state index contributed by atoms with van der Waals surface area (Å²) >= 11 is 0. The van der Waals surface area contributed by atoms with Crippen molar-refractivity contribution in [3.8, 4) is 22.8 Å². The molecule has 0 bridgehead atoms. The molecule has 37 heavy (non-hydrogen) atoms. The van der Waals surface area contributed by atoms with Crippen molar-refractivity contribution < 1.29 is 13.9 Å². The van der Waals surface area contributed by atoms with Crippen LogP contribution in [0, 0.1) is 18.7 Å². The second kappa shape index (κ2) is 8.88. The van der Waals surface area contributed by atoms with Gasteiger partial charge in [0.05, 0.1) is 5.39 Å². The van der Waals surface area contributed by atoms with Crippen molar-refractivity contribution in [3.63, 3.8) is 0 Å². The van der Waals surface area contributed by atoms with E-state index in [-0.39, 0.29) is 11.7 Å². The Morgan fingerprint density at radius 2 is 2.08 bits per heavy atom. The van der Waals surface area contributed by atoms with Crippen LogP contribution in [0.3, 0.4) is 0 Å². The van der Waals surface area contributed by atoms with Gasteiger partial charge >= 0.3 is 0 Å². The van der Waals surface area contributed by atoms with E-state index < -0.39 is 5.82 Å². The summed E-state index contributed by atoms with van der Waals surface area (Å²) in [6, 6.07) is 10.2. The van der Waals surface area contributed by atoms with E-state index in [1.807, 2.05) is 25.1 Å². The molecular formula is C27H26FN7O2. The Labute approximate surface area is 213 Å². The van der Waals surface area contributed by atoms with Crippen molar-refractivity contribution >= 4 is 28.6 Å². The first kappa shape index (κ1) is 23.0. The predicted molar refractivity (Wildman–Crippen MR) is 139 cm³/mol. The lowest BCUT2D eigenvalue weighted by atomic mass is 9.98. The number of ether oxygens (including phenoxy) is 1. The molecule has 1 saturated heterocycles. The van der Waals surface area contributed by atoms with Gasteiger partial charge in [-0.1, -0.05) is 18.7 Å². The number of fused-ring (bicyclic) bond motifs is 3. The van der Waals surface area contributed by atoms with Crippen LogP contribution in [-0.2, 0) is 11.3 Å². The molecule has 3 aromatic heterocycles. The topological polar surface area (TPSA) is 102 Å². The number of nitrogens with two attached hydrogens (primary N) is 1. The zero-order valence-corrected chi connectivity index (χ0v) is 20.4. The van der Waals surface area contributed by atoms with Gasteiger partial charge in [-0.3, -0.25) is 4.79 Å². The highest BCUT2D eigenvalue weighted by Gasteiger charge is 2.35.